The van der Waals surface area contributed by atoms with Crippen molar-refractivity contribution in [1.29, 1.82) is 0 Å². The van der Waals surface area contributed by atoms with Crippen molar-refractivity contribution >= 4 is 21.9 Å². The van der Waals surface area contributed by atoms with Crippen molar-refractivity contribution in [3.05, 3.63) is 30.3 Å². The Labute approximate surface area is 179 Å². The fourth-order valence-corrected chi connectivity index (χ4v) is 5.85. The third-order valence-electron chi connectivity index (χ3n) is 6.57. The SMILES string of the molecule is C[C@H]1[C@H](C)CCC[C@H]1NC(=O)COC(=O)C1CCN(S(=O)(=O)c2ccccc2)CC1. The summed E-state index contributed by atoms with van der Waals surface area (Å²) in [5, 5.41) is 3.00. The van der Waals surface area contributed by atoms with Gasteiger partial charge in [0.15, 0.2) is 6.61 Å². The quantitative estimate of drug-likeness (QED) is 0.692. The number of esters is 1. The molecule has 0 spiro atoms. The largest absolute Gasteiger partial charge is 0.455 e. The Hall–Kier alpha value is -1.93. The van der Waals surface area contributed by atoms with Crippen molar-refractivity contribution < 1.29 is 22.7 Å². The molecule has 1 aliphatic carbocycles. The molecule has 0 radical (unpaired) electrons. The highest BCUT2D eigenvalue weighted by Crippen LogP contribution is 2.29. The maximum Gasteiger partial charge on any atom is 0.309 e. The predicted octanol–water partition coefficient (Wildman–Crippen LogP) is 2.57. The lowest BCUT2D eigenvalue weighted by atomic mass is 9.78. The van der Waals surface area contributed by atoms with Gasteiger partial charge in [-0.15, -0.1) is 0 Å². The molecule has 2 fully saturated rings. The van der Waals surface area contributed by atoms with Crippen molar-refractivity contribution in [3.63, 3.8) is 0 Å². The lowest BCUT2D eigenvalue weighted by Crippen LogP contribution is -2.45. The minimum atomic E-state index is -3.55. The molecule has 0 bridgehead atoms. The van der Waals surface area contributed by atoms with Gasteiger partial charge in [-0.3, -0.25) is 9.59 Å². The summed E-state index contributed by atoms with van der Waals surface area (Å²) in [7, 11) is -3.55. The number of nitrogens with one attached hydrogen (secondary N) is 1. The molecule has 1 amide bonds. The zero-order chi connectivity index (χ0) is 21.7. The number of ether oxygens (including phenoxy) is 1. The number of amides is 1. The van der Waals surface area contributed by atoms with Gasteiger partial charge in [0.25, 0.3) is 5.91 Å². The third-order valence-corrected chi connectivity index (χ3v) is 8.48. The summed E-state index contributed by atoms with van der Waals surface area (Å²) >= 11 is 0. The normalized spacial score (nSPS) is 26.1. The average Bonchev–Trinajstić information content (AvgIpc) is 2.76. The Kier molecular flexibility index (Phi) is 7.52. The standard InChI is InChI=1S/C22H32N2O5S/c1-16-7-6-10-20(17(16)2)23-21(25)15-29-22(26)18-11-13-24(14-12-18)30(27,28)19-8-4-3-5-9-19/h3-5,8-9,16-18,20H,6-7,10-15H2,1-2H3,(H,23,25)/t16-,17+,20-/m1/s1. The molecule has 3 atom stereocenters. The second-order valence-electron chi connectivity index (χ2n) is 8.54. The second kappa shape index (κ2) is 9.92. The van der Waals surface area contributed by atoms with Crippen molar-refractivity contribution in [2.24, 2.45) is 17.8 Å². The number of carbonyl (C=O) groups is 2. The summed E-state index contributed by atoms with van der Waals surface area (Å²) in [5.41, 5.74) is 0. The van der Waals surface area contributed by atoms with Crippen LogP contribution >= 0.6 is 0 Å². The number of sulfonamides is 1. The van der Waals surface area contributed by atoms with Crippen LogP contribution in [0.25, 0.3) is 0 Å². The number of benzene rings is 1. The summed E-state index contributed by atoms with van der Waals surface area (Å²) in [5.74, 6) is -0.0859. The van der Waals surface area contributed by atoms with Gasteiger partial charge in [-0.1, -0.05) is 44.9 Å². The first kappa shape index (κ1) is 22.7. The van der Waals surface area contributed by atoms with E-state index in [2.05, 4.69) is 19.2 Å². The highest BCUT2D eigenvalue weighted by Gasteiger charge is 2.33. The molecule has 1 aromatic carbocycles. The number of hydrogen-bond donors (Lipinski definition) is 1. The first-order valence-electron chi connectivity index (χ1n) is 10.8. The van der Waals surface area contributed by atoms with E-state index in [0.717, 1.165) is 12.8 Å². The summed E-state index contributed by atoms with van der Waals surface area (Å²) in [6, 6.07) is 8.43. The van der Waals surface area contributed by atoms with Crippen LogP contribution in [-0.2, 0) is 24.3 Å². The topological polar surface area (TPSA) is 92.8 Å². The molecule has 0 unspecified atom stereocenters. The van der Waals surface area contributed by atoms with Crippen LogP contribution < -0.4 is 5.32 Å². The van der Waals surface area contributed by atoms with Gasteiger partial charge in [0.2, 0.25) is 10.0 Å². The minimum Gasteiger partial charge on any atom is -0.455 e. The van der Waals surface area contributed by atoms with Crippen LogP contribution in [0.2, 0.25) is 0 Å². The summed E-state index contributed by atoms with van der Waals surface area (Å²) < 4.78 is 32.0. The molecule has 166 valence electrons. The van der Waals surface area contributed by atoms with E-state index >= 15 is 0 Å². The van der Waals surface area contributed by atoms with Crippen LogP contribution in [0.5, 0.6) is 0 Å². The van der Waals surface area contributed by atoms with E-state index in [1.807, 2.05) is 0 Å². The third kappa shape index (κ3) is 5.40. The molecule has 1 saturated carbocycles. The molecule has 30 heavy (non-hydrogen) atoms. The minimum absolute atomic E-state index is 0.131. The maximum absolute atomic E-state index is 12.7. The van der Waals surface area contributed by atoms with Crippen LogP contribution in [-0.4, -0.2) is 50.3 Å². The van der Waals surface area contributed by atoms with Crippen LogP contribution in [0.4, 0.5) is 0 Å². The number of piperidine rings is 1. The van der Waals surface area contributed by atoms with Crippen molar-refractivity contribution in [3.8, 4) is 0 Å². The zero-order valence-electron chi connectivity index (χ0n) is 17.7. The van der Waals surface area contributed by atoms with Crippen molar-refractivity contribution in [2.75, 3.05) is 19.7 Å². The Balaban J connectivity index is 1.44. The van der Waals surface area contributed by atoms with Crippen molar-refractivity contribution in [1.82, 2.24) is 9.62 Å². The van der Waals surface area contributed by atoms with E-state index in [4.69, 9.17) is 4.74 Å². The van der Waals surface area contributed by atoms with E-state index in [-0.39, 0.29) is 42.5 Å². The smallest absolute Gasteiger partial charge is 0.309 e. The maximum atomic E-state index is 12.7. The van der Waals surface area contributed by atoms with Gasteiger partial charge in [-0.05, 0) is 43.2 Å². The molecule has 1 N–H and O–H groups in total. The second-order valence-corrected chi connectivity index (χ2v) is 10.5. The zero-order valence-corrected chi connectivity index (χ0v) is 18.6. The van der Waals surface area contributed by atoms with E-state index in [0.29, 0.717) is 24.7 Å². The molecule has 2 aliphatic rings. The number of hydrogen-bond acceptors (Lipinski definition) is 5. The summed E-state index contributed by atoms with van der Waals surface area (Å²) in [4.78, 5) is 24.8. The van der Waals surface area contributed by atoms with Crippen LogP contribution in [0.3, 0.4) is 0 Å². The van der Waals surface area contributed by atoms with Gasteiger partial charge in [-0.25, -0.2) is 8.42 Å². The van der Waals surface area contributed by atoms with Crippen LogP contribution in [0.1, 0.15) is 46.0 Å². The van der Waals surface area contributed by atoms with E-state index in [1.54, 1.807) is 30.3 Å². The molecular formula is C22H32N2O5S. The molecule has 0 aromatic heterocycles. The van der Waals surface area contributed by atoms with E-state index in [9.17, 15) is 18.0 Å². The monoisotopic (exact) mass is 436 g/mol. The van der Waals surface area contributed by atoms with Gasteiger partial charge < -0.3 is 10.1 Å². The Morgan fingerprint density at radius 2 is 1.73 bits per heavy atom. The van der Waals surface area contributed by atoms with E-state index in [1.165, 1.54) is 10.7 Å². The molecule has 1 aliphatic heterocycles. The molecular weight excluding hydrogens is 404 g/mol. The van der Waals surface area contributed by atoms with Crippen molar-refractivity contribution in [2.45, 2.75) is 56.9 Å². The Morgan fingerprint density at radius 1 is 1.07 bits per heavy atom. The Bertz CT molecular complexity index is 834. The fourth-order valence-electron chi connectivity index (χ4n) is 4.36. The highest BCUT2D eigenvalue weighted by molar-refractivity contribution is 7.89. The van der Waals surface area contributed by atoms with Gasteiger partial charge >= 0.3 is 5.97 Å². The van der Waals surface area contributed by atoms with Gasteiger partial charge in [0.1, 0.15) is 0 Å². The van der Waals surface area contributed by atoms with E-state index < -0.39 is 16.0 Å². The van der Waals surface area contributed by atoms with Crippen LogP contribution in [0.15, 0.2) is 35.2 Å². The Morgan fingerprint density at radius 3 is 2.40 bits per heavy atom. The molecule has 1 saturated heterocycles. The molecule has 3 rings (SSSR count). The highest BCUT2D eigenvalue weighted by atomic mass is 32.2. The summed E-state index contributed by atoms with van der Waals surface area (Å²) in [6.45, 7) is 4.60. The first-order valence-corrected chi connectivity index (χ1v) is 12.2. The van der Waals surface area contributed by atoms with Gasteiger partial charge in [0.05, 0.1) is 10.8 Å². The predicted molar refractivity (Wildman–Crippen MR) is 113 cm³/mol. The molecule has 7 nitrogen and oxygen atoms in total. The molecule has 8 heteroatoms. The van der Waals surface area contributed by atoms with Crippen LogP contribution in [0, 0.1) is 17.8 Å². The first-order chi connectivity index (χ1) is 14.3. The fraction of sp³-hybridized carbons (Fsp3) is 0.636. The number of nitrogens with zero attached hydrogens (tertiary/aromatic N) is 1. The summed E-state index contributed by atoms with van der Waals surface area (Å²) in [6.07, 6.45) is 4.02. The number of carbonyl (C=O) groups excluding carboxylic acids is 2. The number of rotatable bonds is 6. The van der Waals surface area contributed by atoms with Gasteiger partial charge in [-0.2, -0.15) is 4.31 Å². The average molecular weight is 437 g/mol. The molecule has 1 aromatic rings. The van der Waals surface area contributed by atoms with Gasteiger partial charge in [0, 0.05) is 19.1 Å². The molecule has 1 heterocycles. The lowest BCUT2D eigenvalue weighted by molar-refractivity contribution is -0.154. The lowest BCUT2D eigenvalue weighted by Gasteiger charge is -2.34.